The maximum Gasteiger partial charge on any atom is 0.437 e. The zero-order valence-corrected chi connectivity index (χ0v) is 13.5. The molecule has 0 unspecified atom stereocenters. The Bertz CT molecular complexity index is 1010. The quantitative estimate of drug-likeness (QED) is 0.567. The lowest BCUT2D eigenvalue weighted by atomic mass is 10.1. The van der Waals surface area contributed by atoms with Crippen LogP contribution in [0.15, 0.2) is 55.5 Å². The Balaban J connectivity index is 1.58. The van der Waals surface area contributed by atoms with Crippen LogP contribution in [-0.4, -0.2) is 19.9 Å². The number of thiophene rings is 1. The highest BCUT2D eigenvalue weighted by atomic mass is 32.1. The van der Waals surface area contributed by atoms with Crippen molar-refractivity contribution in [2.45, 2.75) is 13.5 Å². The summed E-state index contributed by atoms with van der Waals surface area (Å²) in [5.74, 6) is 0.496. The smallest absolute Gasteiger partial charge is 0.387 e. The van der Waals surface area contributed by atoms with E-state index in [0.29, 0.717) is 11.7 Å². The third-order valence-corrected chi connectivity index (χ3v) is 4.25. The molecule has 120 valence electrons. The van der Waals surface area contributed by atoms with E-state index < -0.39 is 5.76 Å². The van der Waals surface area contributed by atoms with Gasteiger partial charge in [0.15, 0.2) is 5.82 Å². The van der Waals surface area contributed by atoms with Crippen molar-refractivity contribution in [2.75, 3.05) is 0 Å². The van der Waals surface area contributed by atoms with Crippen molar-refractivity contribution < 1.29 is 8.94 Å². The van der Waals surface area contributed by atoms with Crippen molar-refractivity contribution in [3.05, 3.63) is 63.7 Å². The Morgan fingerprint density at radius 3 is 2.75 bits per heavy atom. The van der Waals surface area contributed by atoms with E-state index in [0.717, 1.165) is 16.0 Å². The second kappa shape index (κ2) is 5.89. The molecular formula is C16H12N4O3S. The van der Waals surface area contributed by atoms with Crippen molar-refractivity contribution in [1.29, 1.82) is 0 Å². The summed E-state index contributed by atoms with van der Waals surface area (Å²) in [5, 5.41) is 9.96. The van der Waals surface area contributed by atoms with E-state index in [1.807, 2.05) is 48.7 Å². The van der Waals surface area contributed by atoms with Crippen molar-refractivity contribution in [3.63, 3.8) is 0 Å². The minimum atomic E-state index is -0.555. The average molecular weight is 340 g/mol. The molecule has 0 N–H and O–H groups in total. The molecule has 24 heavy (non-hydrogen) atoms. The molecule has 0 aliphatic carbocycles. The molecule has 0 amide bonds. The van der Waals surface area contributed by atoms with E-state index in [-0.39, 0.29) is 12.4 Å². The zero-order chi connectivity index (χ0) is 16.5. The molecule has 0 spiro atoms. The predicted molar refractivity (Wildman–Crippen MR) is 87.6 cm³/mol. The zero-order valence-electron chi connectivity index (χ0n) is 12.7. The van der Waals surface area contributed by atoms with Gasteiger partial charge in [-0.1, -0.05) is 28.9 Å². The normalized spacial score (nSPS) is 11.0. The fraction of sp³-hybridized carbons (Fsp3) is 0.125. The molecule has 0 bridgehead atoms. The fourth-order valence-electron chi connectivity index (χ4n) is 2.17. The van der Waals surface area contributed by atoms with Crippen LogP contribution in [0.2, 0.25) is 0 Å². The number of hydrogen-bond donors (Lipinski definition) is 0. The van der Waals surface area contributed by atoms with Gasteiger partial charge >= 0.3 is 5.76 Å². The Morgan fingerprint density at radius 2 is 2.00 bits per heavy atom. The molecule has 0 aliphatic rings. The van der Waals surface area contributed by atoms with Crippen LogP contribution in [0.4, 0.5) is 0 Å². The van der Waals surface area contributed by atoms with Crippen LogP contribution in [0, 0.1) is 6.92 Å². The first-order valence-electron chi connectivity index (χ1n) is 7.20. The second-order valence-electron chi connectivity index (χ2n) is 5.19. The molecule has 3 aromatic heterocycles. The first-order chi connectivity index (χ1) is 11.7. The summed E-state index contributed by atoms with van der Waals surface area (Å²) in [7, 11) is 0. The van der Waals surface area contributed by atoms with Gasteiger partial charge in [0.25, 0.3) is 11.8 Å². The summed E-state index contributed by atoms with van der Waals surface area (Å²) < 4.78 is 11.6. The standard InChI is InChI=1S/C16H12N4O3S/c1-10-4-6-11(7-5-10)14-17-13(19-23-14)9-20-16(21)22-15(18-20)12-3-2-8-24-12/h2-8H,9H2,1H3. The molecule has 4 rings (SSSR count). The van der Waals surface area contributed by atoms with E-state index in [4.69, 9.17) is 8.94 Å². The Morgan fingerprint density at radius 1 is 1.17 bits per heavy atom. The minimum Gasteiger partial charge on any atom is -0.387 e. The van der Waals surface area contributed by atoms with Gasteiger partial charge in [-0.15, -0.1) is 16.4 Å². The maximum atomic E-state index is 11.9. The van der Waals surface area contributed by atoms with Gasteiger partial charge in [-0.3, -0.25) is 0 Å². The van der Waals surface area contributed by atoms with Crippen LogP contribution >= 0.6 is 11.3 Å². The predicted octanol–water partition coefficient (Wildman–Crippen LogP) is 2.97. The van der Waals surface area contributed by atoms with Crippen molar-refractivity contribution in [2.24, 2.45) is 0 Å². The van der Waals surface area contributed by atoms with Gasteiger partial charge in [0.2, 0.25) is 0 Å². The number of aryl methyl sites for hydroxylation is 1. The summed E-state index contributed by atoms with van der Waals surface area (Å²) in [5.41, 5.74) is 1.97. The van der Waals surface area contributed by atoms with Gasteiger partial charge in [-0.2, -0.15) is 9.67 Å². The number of rotatable bonds is 4. The first kappa shape index (κ1) is 14.6. The van der Waals surface area contributed by atoms with Gasteiger partial charge in [0.05, 0.1) is 4.88 Å². The van der Waals surface area contributed by atoms with Crippen LogP contribution < -0.4 is 5.76 Å². The second-order valence-corrected chi connectivity index (χ2v) is 6.14. The Labute approximate surface area is 140 Å². The number of aromatic nitrogens is 4. The lowest BCUT2D eigenvalue weighted by Crippen LogP contribution is -2.17. The highest BCUT2D eigenvalue weighted by Gasteiger charge is 2.15. The lowest BCUT2D eigenvalue weighted by Gasteiger charge is -1.94. The third-order valence-electron chi connectivity index (χ3n) is 3.40. The average Bonchev–Trinajstić information content (AvgIpc) is 3.31. The van der Waals surface area contributed by atoms with Crippen LogP contribution in [0.3, 0.4) is 0 Å². The van der Waals surface area contributed by atoms with Crippen LogP contribution in [0.25, 0.3) is 22.2 Å². The Kier molecular flexibility index (Phi) is 3.58. The maximum absolute atomic E-state index is 11.9. The fourth-order valence-corrected chi connectivity index (χ4v) is 2.82. The largest absolute Gasteiger partial charge is 0.437 e. The summed E-state index contributed by atoms with van der Waals surface area (Å²) in [6, 6.07) is 11.5. The third kappa shape index (κ3) is 2.79. The minimum absolute atomic E-state index is 0.0864. The van der Waals surface area contributed by atoms with Gasteiger partial charge in [-0.25, -0.2) is 4.79 Å². The van der Waals surface area contributed by atoms with Crippen LogP contribution in [-0.2, 0) is 6.54 Å². The molecule has 0 radical (unpaired) electrons. The van der Waals surface area contributed by atoms with Gasteiger partial charge in [0, 0.05) is 5.56 Å². The Hall–Kier alpha value is -3.00. The van der Waals surface area contributed by atoms with Gasteiger partial charge < -0.3 is 8.94 Å². The van der Waals surface area contributed by atoms with E-state index in [9.17, 15) is 4.79 Å². The summed E-state index contributed by atoms with van der Waals surface area (Å²) in [6.45, 7) is 2.09. The van der Waals surface area contributed by atoms with E-state index >= 15 is 0 Å². The van der Waals surface area contributed by atoms with Crippen molar-refractivity contribution in [3.8, 4) is 22.2 Å². The van der Waals surface area contributed by atoms with Gasteiger partial charge in [-0.05, 0) is 30.5 Å². The molecule has 0 saturated carbocycles. The molecule has 0 aliphatic heterocycles. The molecule has 4 aromatic rings. The number of benzene rings is 1. The van der Waals surface area contributed by atoms with Crippen LogP contribution in [0.1, 0.15) is 11.4 Å². The number of nitrogens with zero attached hydrogens (tertiary/aromatic N) is 4. The molecule has 0 fully saturated rings. The van der Waals surface area contributed by atoms with Gasteiger partial charge in [0.1, 0.15) is 6.54 Å². The topological polar surface area (TPSA) is 87.0 Å². The van der Waals surface area contributed by atoms with E-state index in [2.05, 4.69) is 15.2 Å². The summed E-state index contributed by atoms with van der Waals surface area (Å²) in [6.07, 6.45) is 0. The molecule has 0 saturated heterocycles. The molecule has 0 atom stereocenters. The molecule has 1 aromatic carbocycles. The van der Waals surface area contributed by atoms with Crippen LogP contribution in [0.5, 0.6) is 0 Å². The van der Waals surface area contributed by atoms with Crippen molar-refractivity contribution >= 4 is 11.3 Å². The lowest BCUT2D eigenvalue weighted by molar-refractivity contribution is 0.415. The molecule has 8 heteroatoms. The van der Waals surface area contributed by atoms with E-state index in [1.165, 1.54) is 16.0 Å². The SMILES string of the molecule is Cc1ccc(-c2nc(Cn3nc(-c4cccs4)oc3=O)no2)cc1. The summed E-state index contributed by atoms with van der Waals surface area (Å²) >= 11 is 1.45. The summed E-state index contributed by atoms with van der Waals surface area (Å²) in [4.78, 5) is 17.0. The molecular weight excluding hydrogens is 328 g/mol. The monoisotopic (exact) mass is 340 g/mol. The molecule has 3 heterocycles. The molecule has 7 nitrogen and oxygen atoms in total. The number of hydrogen-bond acceptors (Lipinski definition) is 7. The highest BCUT2D eigenvalue weighted by molar-refractivity contribution is 7.13. The first-order valence-corrected chi connectivity index (χ1v) is 8.08. The van der Waals surface area contributed by atoms with Crippen molar-refractivity contribution in [1.82, 2.24) is 19.9 Å². The van der Waals surface area contributed by atoms with E-state index in [1.54, 1.807) is 0 Å². The highest BCUT2D eigenvalue weighted by Crippen LogP contribution is 2.21.